The van der Waals surface area contributed by atoms with Crippen LogP contribution in [0.25, 0.3) is 10.8 Å². The zero-order valence-electron chi connectivity index (χ0n) is 15.8. The highest BCUT2D eigenvalue weighted by atomic mass is 32.2. The number of nitriles is 1. The van der Waals surface area contributed by atoms with Crippen molar-refractivity contribution in [1.29, 1.82) is 5.26 Å². The van der Waals surface area contributed by atoms with Crippen molar-refractivity contribution in [2.24, 2.45) is 0 Å². The second-order valence-electron chi connectivity index (χ2n) is 6.18. The van der Waals surface area contributed by atoms with Gasteiger partial charge in [-0.2, -0.15) is 5.26 Å². The van der Waals surface area contributed by atoms with E-state index in [0.29, 0.717) is 25.3 Å². The van der Waals surface area contributed by atoms with Crippen LogP contribution in [-0.2, 0) is 4.79 Å². The van der Waals surface area contributed by atoms with E-state index < -0.39 is 0 Å². The van der Waals surface area contributed by atoms with Crippen LogP contribution in [0.1, 0.15) is 13.3 Å². The summed E-state index contributed by atoms with van der Waals surface area (Å²) in [6.07, 6.45) is 0.291. The Bertz CT molecular complexity index is 980. The lowest BCUT2D eigenvalue weighted by molar-refractivity contribution is -0.116. The Kier molecular flexibility index (Phi) is 6.94. The molecular formula is C23H22N2O2S. The SMILES string of the molecule is CCOc1ccc(N(CCC#N)C(=O)CSc2ccc3ccccc3c2)cc1. The number of carbonyl (C=O) groups excluding carboxylic acids is 1. The third-order valence-corrected chi connectivity index (χ3v) is 5.27. The van der Waals surface area contributed by atoms with Crippen LogP contribution >= 0.6 is 11.8 Å². The second-order valence-corrected chi connectivity index (χ2v) is 7.23. The summed E-state index contributed by atoms with van der Waals surface area (Å²) in [7, 11) is 0. The molecule has 0 unspecified atom stereocenters. The standard InChI is InChI=1S/C23H22N2O2S/c1-2-27-21-11-9-20(10-12-21)25(15-5-14-24)23(26)17-28-22-13-8-18-6-3-4-7-19(18)16-22/h3-4,6-13,16H,2,5,15,17H2,1H3. The van der Waals surface area contributed by atoms with Gasteiger partial charge >= 0.3 is 0 Å². The third-order valence-electron chi connectivity index (χ3n) is 4.29. The maximum Gasteiger partial charge on any atom is 0.237 e. The number of carbonyl (C=O) groups is 1. The minimum Gasteiger partial charge on any atom is -0.494 e. The summed E-state index contributed by atoms with van der Waals surface area (Å²) in [5.74, 6) is 1.07. The van der Waals surface area contributed by atoms with E-state index in [-0.39, 0.29) is 5.91 Å². The maximum atomic E-state index is 12.9. The Balaban J connectivity index is 1.70. The molecule has 0 aromatic heterocycles. The monoisotopic (exact) mass is 390 g/mol. The van der Waals surface area contributed by atoms with E-state index in [1.54, 1.807) is 4.90 Å². The van der Waals surface area contributed by atoms with Gasteiger partial charge in [-0.25, -0.2) is 0 Å². The van der Waals surface area contributed by atoms with Crippen molar-refractivity contribution in [3.8, 4) is 11.8 Å². The lowest BCUT2D eigenvalue weighted by Gasteiger charge is -2.22. The molecule has 0 heterocycles. The molecule has 0 atom stereocenters. The van der Waals surface area contributed by atoms with Crippen LogP contribution in [0.5, 0.6) is 5.75 Å². The minimum absolute atomic E-state index is 0.0161. The van der Waals surface area contributed by atoms with Gasteiger partial charge in [-0.15, -0.1) is 11.8 Å². The molecule has 0 radical (unpaired) electrons. The number of rotatable bonds is 8. The molecule has 0 spiro atoms. The number of ether oxygens (including phenoxy) is 1. The highest BCUT2D eigenvalue weighted by Crippen LogP contribution is 2.25. The molecule has 4 nitrogen and oxygen atoms in total. The molecule has 1 amide bonds. The van der Waals surface area contributed by atoms with Crippen LogP contribution in [-0.4, -0.2) is 24.8 Å². The molecule has 3 aromatic rings. The van der Waals surface area contributed by atoms with Crippen LogP contribution in [0, 0.1) is 11.3 Å². The maximum absolute atomic E-state index is 12.9. The van der Waals surface area contributed by atoms with Gasteiger partial charge in [0.2, 0.25) is 5.91 Å². The summed E-state index contributed by atoms with van der Waals surface area (Å²) in [4.78, 5) is 15.6. The van der Waals surface area contributed by atoms with E-state index in [2.05, 4.69) is 30.3 Å². The molecule has 3 rings (SSSR count). The average Bonchev–Trinajstić information content (AvgIpc) is 2.73. The molecule has 0 saturated heterocycles. The average molecular weight is 391 g/mol. The fourth-order valence-electron chi connectivity index (χ4n) is 2.93. The van der Waals surface area contributed by atoms with E-state index in [0.717, 1.165) is 21.7 Å². The van der Waals surface area contributed by atoms with Gasteiger partial charge in [-0.05, 0) is 54.1 Å². The smallest absolute Gasteiger partial charge is 0.237 e. The predicted octanol–water partition coefficient (Wildman–Crippen LogP) is 5.28. The van der Waals surface area contributed by atoms with Crippen LogP contribution in [0.4, 0.5) is 5.69 Å². The summed E-state index contributed by atoms with van der Waals surface area (Å²) >= 11 is 1.51. The second kappa shape index (κ2) is 9.82. The molecule has 0 aliphatic heterocycles. The lowest BCUT2D eigenvalue weighted by Crippen LogP contribution is -2.33. The van der Waals surface area contributed by atoms with E-state index in [9.17, 15) is 4.79 Å². The number of hydrogen-bond donors (Lipinski definition) is 0. The quantitative estimate of drug-likeness (QED) is 0.491. The number of anilines is 1. The summed E-state index contributed by atoms with van der Waals surface area (Å²) in [5, 5.41) is 11.3. The molecule has 0 bridgehead atoms. The van der Waals surface area contributed by atoms with Crippen LogP contribution < -0.4 is 9.64 Å². The Morgan fingerprint density at radius 1 is 1.07 bits per heavy atom. The van der Waals surface area contributed by atoms with Crippen molar-refractivity contribution in [2.75, 3.05) is 23.8 Å². The predicted molar refractivity (Wildman–Crippen MR) is 115 cm³/mol. The number of nitrogens with zero attached hydrogens (tertiary/aromatic N) is 2. The van der Waals surface area contributed by atoms with Crippen molar-refractivity contribution in [3.63, 3.8) is 0 Å². The molecule has 0 aliphatic rings. The van der Waals surface area contributed by atoms with Gasteiger partial charge in [-0.1, -0.05) is 30.3 Å². The van der Waals surface area contributed by atoms with E-state index >= 15 is 0 Å². The number of hydrogen-bond acceptors (Lipinski definition) is 4. The van der Waals surface area contributed by atoms with Crippen molar-refractivity contribution < 1.29 is 9.53 Å². The van der Waals surface area contributed by atoms with Gasteiger partial charge in [0.1, 0.15) is 5.75 Å². The Labute approximate surface area is 169 Å². The zero-order valence-corrected chi connectivity index (χ0v) is 16.6. The highest BCUT2D eigenvalue weighted by Gasteiger charge is 2.16. The first kappa shape index (κ1) is 19.8. The number of thioether (sulfide) groups is 1. The van der Waals surface area contributed by atoms with E-state index in [1.165, 1.54) is 17.1 Å². The van der Waals surface area contributed by atoms with Crippen molar-refractivity contribution in [1.82, 2.24) is 0 Å². The first-order valence-electron chi connectivity index (χ1n) is 9.23. The zero-order chi connectivity index (χ0) is 19.8. The summed E-state index contributed by atoms with van der Waals surface area (Å²) < 4.78 is 5.46. The molecule has 0 aliphatic carbocycles. The first-order chi connectivity index (χ1) is 13.7. The van der Waals surface area contributed by atoms with Crippen LogP contribution in [0.2, 0.25) is 0 Å². The summed E-state index contributed by atoms with van der Waals surface area (Å²) in [5.41, 5.74) is 0.780. The number of amides is 1. The van der Waals surface area contributed by atoms with Gasteiger partial charge < -0.3 is 9.64 Å². The summed E-state index contributed by atoms with van der Waals surface area (Å²) in [6, 6.07) is 23.9. The number of benzene rings is 3. The van der Waals surface area contributed by atoms with Crippen LogP contribution in [0.15, 0.2) is 71.6 Å². The van der Waals surface area contributed by atoms with Crippen molar-refractivity contribution >= 4 is 34.1 Å². The lowest BCUT2D eigenvalue weighted by atomic mass is 10.1. The molecule has 3 aromatic carbocycles. The van der Waals surface area contributed by atoms with Gasteiger partial charge in [0.05, 0.1) is 24.8 Å². The molecule has 28 heavy (non-hydrogen) atoms. The van der Waals surface area contributed by atoms with Gasteiger partial charge in [0.15, 0.2) is 0 Å². The molecule has 0 saturated carbocycles. The highest BCUT2D eigenvalue weighted by molar-refractivity contribution is 8.00. The first-order valence-corrected chi connectivity index (χ1v) is 10.2. The van der Waals surface area contributed by atoms with Gasteiger partial charge in [0, 0.05) is 17.1 Å². The van der Waals surface area contributed by atoms with E-state index in [4.69, 9.17) is 10.00 Å². The number of fused-ring (bicyclic) bond motifs is 1. The molecular weight excluding hydrogens is 368 g/mol. The molecule has 5 heteroatoms. The normalized spacial score (nSPS) is 10.4. The van der Waals surface area contributed by atoms with Gasteiger partial charge in [-0.3, -0.25) is 4.79 Å². The topological polar surface area (TPSA) is 53.3 Å². The molecule has 0 N–H and O–H groups in total. The van der Waals surface area contributed by atoms with Crippen molar-refractivity contribution in [2.45, 2.75) is 18.2 Å². The summed E-state index contributed by atoms with van der Waals surface area (Å²) in [6.45, 7) is 2.90. The largest absolute Gasteiger partial charge is 0.494 e. The molecule has 0 fully saturated rings. The van der Waals surface area contributed by atoms with E-state index in [1.807, 2.05) is 49.4 Å². The van der Waals surface area contributed by atoms with Gasteiger partial charge in [0.25, 0.3) is 0 Å². The Hall–Kier alpha value is -2.97. The fourth-order valence-corrected chi connectivity index (χ4v) is 3.75. The minimum atomic E-state index is -0.0161. The van der Waals surface area contributed by atoms with Crippen LogP contribution in [0.3, 0.4) is 0 Å². The van der Waals surface area contributed by atoms with Crippen molar-refractivity contribution in [3.05, 3.63) is 66.7 Å². The fraction of sp³-hybridized carbons (Fsp3) is 0.217. The third kappa shape index (κ3) is 5.05. The Morgan fingerprint density at radius 3 is 2.54 bits per heavy atom. The Morgan fingerprint density at radius 2 is 1.82 bits per heavy atom. The molecule has 142 valence electrons.